The van der Waals surface area contributed by atoms with Gasteiger partial charge in [-0.05, 0) is 19.4 Å². The molecule has 1 saturated heterocycles. The van der Waals surface area contributed by atoms with E-state index >= 15 is 0 Å². The van der Waals surface area contributed by atoms with E-state index in [4.69, 9.17) is 11.6 Å². The fourth-order valence-corrected chi connectivity index (χ4v) is 2.04. The summed E-state index contributed by atoms with van der Waals surface area (Å²) in [4.78, 5) is 13.6. The lowest BCUT2D eigenvalue weighted by molar-refractivity contribution is -0.126. The van der Waals surface area contributed by atoms with Gasteiger partial charge in [0.2, 0.25) is 5.91 Å². The number of nitrogens with one attached hydrogen (secondary N) is 1. The molecule has 1 aliphatic rings. The van der Waals surface area contributed by atoms with Crippen LogP contribution in [-0.4, -0.2) is 43.4 Å². The van der Waals surface area contributed by atoms with Gasteiger partial charge in [0.1, 0.15) is 0 Å². The van der Waals surface area contributed by atoms with E-state index in [0.29, 0.717) is 5.88 Å². The Morgan fingerprint density at radius 1 is 1.69 bits per heavy atom. The number of carbonyl (C=O) groups is 1. The number of rotatable bonds is 3. The minimum Gasteiger partial charge on any atom is -0.359 e. The molecule has 1 N–H and O–H groups in total. The summed E-state index contributed by atoms with van der Waals surface area (Å²) in [6, 6.07) is 0. The summed E-state index contributed by atoms with van der Waals surface area (Å²) in [7, 11) is 1.70. The summed E-state index contributed by atoms with van der Waals surface area (Å²) in [5, 5.41) is 2.70. The molecule has 0 aromatic carbocycles. The van der Waals surface area contributed by atoms with Crippen molar-refractivity contribution in [1.29, 1.82) is 0 Å². The highest BCUT2D eigenvalue weighted by Gasteiger charge is 2.24. The zero-order valence-electron chi connectivity index (χ0n) is 8.05. The Kier molecular flexibility index (Phi) is 4.53. The van der Waals surface area contributed by atoms with Crippen LogP contribution in [-0.2, 0) is 4.79 Å². The summed E-state index contributed by atoms with van der Waals surface area (Å²) in [6.45, 7) is 2.85. The number of piperidine rings is 1. The van der Waals surface area contributed by atoms with Gasteiger partial charge in [0, 0.05) is 26.0 Å². The van der Waals surface area contributed by atoms with Crippen molar-refractivity contribution in [1.82, 2.24) is 10.2 Å². The summed E-state index contributed by atoms with van der Waals surface area (Å²) in [5.41, 5.74) is 0. The lowest BCUT2D eigenvalue weighted by Crippen LogP contribution is -2.42. The fourth-order valence-electron chi connectivity index (χ4n) is 1.80. The highest BCUT2D eigenvalue weighted by Crippen LogP contribution is 2.16. The van der Waals surface area contributed by atoms with Crippen molar-refractivity contribution in [2.45, 2.75) is 12.8 Å². The quantitative estimate of drug-likeness (QED) is 0.686. The van der Waals surface area contributed by atoms with E-state index < -0.39 is 0 Å². The van der Waals surface area contributed by atoms with E-state index in [-0.39, 0.29) is 11.8 Å². The van der Waals surface area contributed by atoms with Crippen molar-refractivity contribution >= 4 is 17.5 Å². The normalized spacial score (nSPS) is 24.3. The van der Waals surface area contributed by atoms with Gasteiger partial charge in [-0.1, -0.05) is 0 Å². The Labute approximate surface area is 84.4 Å². The highest BCUT2D eigenvalue weighted by molar-refractivity contribution is 6.18. The van der Waals surface area contributed by atoms with Crippen LogP contribution < -0.4 is 5.32 Å². The Morgan fingerprint density at radius 3 is 3.08 bits per heavy atom. The lowest BCUT2D eigenvalue weighted by atomic mass is 9.97. The van der Waals surface area contributed by atoms with Gasteiger partial charge in [-0.2, -0.15) is 0 Å². The number of carbonyl (C=O) groups excluding carboxylic acids is 1. The molecule has 1 atom stereocenters. The number of amides is 1. The van der Waals surface area contributed by atoms with Crippen LogP contribution in [0, 0.1) is 5.92 Å². The molecule has 0 radical (unpaired) electrons. The van der Waals surface area contributed by atoms with Gasteiger partial charge < -0.3 is 10.2 Å². The first-order valence-electron chi connectivity index (χ1n) is 4.78. The number of hydrogen-bond acceptors (Lipinski definition) is 2. The molecule has 0 aromatic heterocycles. The third kappa shape index (κ3) is 3.16. The molecule has 0 saturated carbocycles. The first-order valence-corrected chi connectivity index (χ1v) is 5.31. The molecule has 1 rings (SSSR count). The second-order valence-corrected chi connectivity index (χ2v) is 3.82. The second kappa shape index (κ2) is 5.45. The molecule has 3 nitrogen and oxygen atoms in total. The average Bonchev–Trinajstić information content (AvgIpc) is 2.18. The molecule has 0 spiro atoms. The average molecular weight is 205 g/mol. The third-order valence-corrected chi connectivity index (χ3v) is 2.69. The minimum atomic E-state index is 0.166. The Balaban J connectivity index is 2.37. The van der Waals surface area contributed by atoms with Crippen molar-refractivity contribution in [3.8, 4) is 0 Å². The molecule has 1 amide bonds. The molecule has 0 bridgehead atoms. The predicted octanol–water partition coefficient (Wildman–Crippen LogP) is 0.683. The number of alkyl halides is 1. The first kappa shape index (κ1) is 10.8. The number of hydrogen-bond donors (Lipinski definition) is 1. The molecule has 1 aliphatic heterocycles. The SMILES string of the molecule is CNC(=O)C1CCCN(CCCl)C1. The van der Waals surface area contributed by atoms with Crippen LogP contribution in [0.1, 0.15) is 12.8 Å². The van der Waals surface area contributed by atoms with Crippen molar-refractivity contribution in [3.05, 3.63) is 0 Å². The summed E-state index contributed by atoms with van der Waals surface area (Å²) >= 11 is 5.65. The van der Waals surface area contributed by atoms with Crippen LogP contribution in [0.25, 0.3) is 0 Å². The Bertz CT molecular complexity index is 173. The van der Waals surface area contributed by atoms with Crippen LogP contribution in [0.5, 0.6) is 0 Å². The second-order valence-electron chi connectivity index (χ2n) is 3.44. The van der Waals surface area contributed by atoms with Crippen LogP contribution >= 0.6 is 11.6 Å². The summed E-state index contributed by atoms with van der Waals surface area (Å²) in [6.07, 6.45) is 2.12. The maximum atomic E-state index is 11.3. The van der Waals surface area contributed by atoms with Crippen molar-refractivity contribution in [2.24, 2.45) is 5.92 Å². The summed E-state index contributed by atoms with van der Waals surface area (Å²) < 4.78 is 0. The molecule has 13 heavy (non-hydrogen) atoms. The van der Waals surface area contributed by atoms with E-state index in [9.17, 15) is 4.79 Å². The van der Waals surface area contributed by atoms with E-state index in [2.05, 4.69) is 10.2 Å². The fraction of sp³-hybridized carbons (Fsp3) is 0.889. The molecule has 0 aliphatic carbocycles. The first-order chi connectivity index (χ1) is 6.27. The Hall–Kier alpha value is -0.280. The van der Waals surface area contributed by atoms with Gasteiger partial charge in [-0.25, -0.2) is 0 Å². The molecular formula is C9H17ClN2O. The smallest absolute Gasteiger partial charge is 0.224 e. The molecule has 76 valence electrons. The predicted molar refractivity (Wildman–Crippen MR) is 54.0 cm³/mol. The maximum absolute atomic E-state index is 11.3. The van der Waals surface area contributed by atoms with Gasteiger partial charge in [-0.3, -0.25) is 4.79 Å². The van der Waals surface area contributed by atoms with Crippen LogP contribution in [0.3, 0.4) is 0 Å². The van der Waals surface area contributed by atoms with E-state index in [0.717, 1.165) is 32.5 Å². The number of likely N-dealkylation sites (tertiary alicyclic amines) is 1. The van der Waals surface area contributed by atoms with Gasteiger partial charge in [0.05, 0.1) is 5.92 Å². The minimum absolute atomic E-state index is 0.166. The molecule has 1 heterocycles. The topological polar surface area (TPSA) is 32.3 Å². The highest BCUT2D eigenvalue weighted by atomic mass is 35.5. The van der Waals surface area contributed by atoms with Gasteiger partial charge >= 0.3 is 0 Å². The van der Waals surface area contributed by atoms with E-state index in [1.54, 1.807) is 7.05 Å². The van der Waals surface area contributed by atoms with Crippen LogP contribution in [0.4, 0.5) is 0 Å². The van der Waals surface area contributed by atoms with Crippen molar-refractivity contribution < 1.29 is 4.79 Å². The standard InChI is InChI=1S/C9H17ClN2O/c1-11-9(13)8-3-2-5-12(7-8)6-4-10/h8H,2-7H2,1H3,(H,11,13). The zero-order valence-corrected chi connectivity index (χ0v) is 8.81. The monoisotopic (exact) mass is 204 g/mol. The van der Waals surface area contributed by atoms with Crippen molar-refractivity contribution in [2.75, 3.05) is 32.6 Å². The van der Waals surface area contributed by atoms with Gasteiger partial charge in [0.25, 0.3) is 0 Å². The third-order valence-electron chi connectivity index (χ3n) is 2.52. The van der Waals surface area contributed by atoms with Crippen LogP contribution in [0.15, 0.2) is 0 Å². The van der Waals surface area contributed by atoms with Crippen molar-refractivity contribution in [3.63, 3.8) is 0 Å². The van der Waals surface area contributed by atoms with Gasteiger partial charge in [-0.15, -0.1) is 11.6 Å². The van der Waals surface area contributed by atoms with Crippen LogP contribution in [0.2, 0.25) is 0 Å². The largest absolute Gasteiger partial charge is 0.359 e. The maximum Gasteiger partial charge on any atom is 0.224 e. The zero-order chi connectivity index (χ0) is 9.68. The molecule has 4 heteroatoms. The molecular weight excluding hydrogens is 188 g/mol. The number of halogens is 1. The number of nitrogens with zero attached hydrogens (tertiary/aromatic N) is 1. The van der Waals surface area contributed by atoms with E-state index in [1.165, 1.54) is 0 Å². The molecule has 1 unspecified atom stereocenters. The lowest BCUT2D eigenvalue weighted by Gasteiger charge is -2.31. The van der Waals surface area contributed by atoms with E-state index in [1.807, 2.05) is 0 Å². The molecule has 0 aromatic rings. The Morgan fingerprint density at radius 2 is 2.46 bits per heavy atom. The summed E-state index contributed by atoms with van der Waals surface area (Å²) in [5.74, 6) is 0.988. The van der Waals surface area contributed by atoms with Gasteiger partial charge in [0.15, 0.2) is 0 Å². The molecule has 1 fully saturated rings.